The summed E-state index contributed by atoms with van der Waals surface area (Å²) in [4.78, 5) is 14.0. The van der Waals surface area contributed by atoms with E-state index in [0.29, 0.717) is 24.3 Å². The summed E-state index contributed by atoms with van der Waals surface area (Å²) >= 11 is 5.40. The molecule has 7 nitrogen and oxygen atoms in total. The number of hydrogen-bond donors (Lipinski definition) is 2. The molecule has 0 aliphatic carbocycles. The number of nitrogens with zero attached hydrogens (tertiary/aromatic N) is 4. The van der Waals surface area contributed by atoms with Crippen LogP contribution in [0, 0.1) is 0 Å². The minimum absolute atomic E-state index is 0.245. The monoisotopic (exact) mass is 398 g/mol. The van der Waals surface area contributed by atoms with Crippen LogP contribution in [-0.4, -0.2) is 47.4 Å². The lowest BCUT2D eigenvalue weighted by Crippen LogP contribution is -2.38. The maximum atomic E-state index is 5.49. The molecule has 0 radical (unpaired) electrons. The van der Waals surface area contributed by atoms with Gasteiger partial charge in [0, 0.05) is 38.3 Å². The molecule has 0 spiro atoms. The van der Waals surface area contributed by atoms with Crippen LogP contribution >= 0.6 is 12.2 Å². The lowest BCUT2D eigenvalue weighted by Gasteiger charge is -2.29. The number of rotatable bonds is 4. The fourth-order valence-corrected chi connectivity index (χ4v) is 3.82. The van der Waals surface area contributed by atoms with E-state index in [2.05, 4.69) is 50.8 Å². The van der Waals surface area contributed by atoms with Crippen LogP contribution in [0.3, 0.4) is 0 Å². The molecule has 2 N–H and O–H groups in total. The van der Waals surface area contributed by atoms with Gasteiger partial charge in [0.1, 0.15) is 11.6 Å². The molecule has 8 heteroatoms. The Morgan fingerprint density at radius 2 is 1.64 bits per heavy atom. The molecule has 2 aromatic rings. The molecular formula is C20H26N6OS. The van der Waals surface area contributed by atoms with Gasteiger partial charge in [0.25, 0.3) is 0 Å². The third-order valence-electron chi connectivity index (χ3n) is 4.84. The Bertz CT molecular complexity index is 827. The molecule has 0 amide bonds. The fourth-order valence-electron chi connectivity index (χ4n) is 3.49. The first kappa shape index (κ1) is 18.9. The van der Waals surface area contributed by atoms with E-state index in [1.54, 1.807) is 0 Å². The average Bonchev–Trinajstić information content (AvgIpc) is 3.12. The van der Waals surface area contributed by atoms with Gasteiger partial charge < -0.3 is 25.2 Å². The van der Waals surface area contributed by atoms with Crippen LogP contribution in [-0.2, 0) is 17.8 Å². The predicted octanol–water partition coefficient (Wildman–Crippen LogP) is 2.53. The van der Waals surface area contributed by atoms with Crippen LogP contribution in [0.1, 0.15) is 25.0 Å². The minimum Gasteiger partial charge on any atom is -0.378 e. The zero-order valence-corrected chi connectivity index (χ0v) is 17.1. The van der Waals surface area contributed by atoms with Crippen LogP contribution in [0.4, 0.5) is 17.6 Å². The highest BCUT2D eigenvalue weighted by Crippen LogP contribution is 2.29. The van der Waals surface area contributed by atoms with Crippen molar-refractivity contribution in [3.63, 3.8) is 0 Å². The second-order valence-corrected chi connectivity index (χ2v) is 7.79. The van der Waals surface area contributed by atoms with Crippen molar-refractivity contribution < 1.29 is 4.74 Å². The van der Waals surface area contributed by atoms with Gasteiger partial charge in [-0.2, -0.15) is 9.97 Å². The van der Waals surface area contributed by atoms with Crippen LogP contribution in [0.2, 0.25) is 0 Å². The number of nitrogens with one attached hydrogen (secondary N) is 2. The Kier molecular flexibility index (Phi) is 5.59. The molecule has 2 aliphatic heterocycles. The largest absolute Gasteiger partial charge is 0.378 e. The fraction of sp³-hybridized carbons (Fsp3) is 0.450. The number of anilines is 3. The topological polar surface area (TPSA) is 65.6 Å². The van der Waals surface area contributed by atoms with Crippen LogP contribution in [0.25, 0.3) is 0 Å². The maximum absolute atomic E-state index is 5.49. The summed E-state index contributed by atoms with van der Waals surface area (Å²) in [7, 11) is 0. The Labute approximate surface area is 171 Å². The van der Waals surface area contributed by atoms with E-state index >= 15 is 0 Å². The molecule has 0 saturated carbocycles. The zero-order chi connectivity index (χ0) is 19.5. The van der Waals surface area contributed by atoms with Crippen LogP contribution in [0.5, 0.6) is 0 Å². The molecule has 0 atom stereocenters. The molecular weight excluding hydrogens is 372 g/mol. The first-order valence-corrected chi connectivity index (χ1v) is 10.1. The van der Waals surface area contributed by atoms with E-state index in [1.165, 1.54) is 11.1 Å². The number of ether oxygens (including phenoxy) is 1. The van der Waals surface area contributed by atoms with E-state index in [1.807, 2.05) is 13.8 Å². The summed E-state index contributed by atoms with van der Waals surface area (Å²) in [5, 5.41) is 6.87. The van der Waals surface area contributed by atoms with Gasteiger partial charge in [0.05, 0.1) is 13.2 Å². The van der Waals surface area contributed by atoms with Crippen molar-refractivity contribution in [3.8, 4) is 0 Å². The number of fused-ring (bicyclic) bond motifs is 1. The molecule has 4 rings (SSSR count). The van der Waals surface area contributed by atoms with Crippen molar-refractivity contribution in [3.05, 3.63) is 41.5 Å². The summed E-state index contributed by atoms with van der Waals surface area (Å²) < 4.78 is 5.49. The second-order valence-electron chi connectivity index (χ2n) is 7.39. The molecule has 1 aromatic carbocycles. The van der Waals surface area contributed by atoms with Gasteiger partial charge in [-0.05, 0) is 37.2 Å². The summed E-state index contributed by atoms with van der Waals surface area (Å²) in [5.41, 5.74) is 2.70. The minimum atomic E-state index is 0.245. The first-order valence-electron chi connectivity index (χ1n) is 9.69. The molecule has 2 aliphatic rings. The first-order chi connectivity index (χ1) is 13.6. The highest BCUT2D eigenvalue weighted by Gasteiger charge is 2.23. The average molecular weight is 399 g/mol. The highest BCUT2D eigenvalue weighted by molar-refractivity contribution is 7.80. The summed E-state index contributed by atoms with van der Waals surface area (Å²) in [6.45, 7) is 8.87. The summed E-state index contributed by atoms with van der Waals surface area (Å²) in [5.74, 6) is 2.33. The Hall–Kier alpha value is -2.45. The van der Waals surface area contributed by atoms with Gasteiger partial charge in [0.15, 0.2) is 5.11 Å². The molecule has 1 aromatic heterocycles. The second kappa shape index (κ2) is 8.28. The number of aromatic nitrogens is 2. The standard InChI is InChI=1S/C20H26N6OS/c1-14(2)21-20(28)24-19-22-17(25-7-9-27-10-8-25)11-18(23-19)26-12-15-5-3-4-6-16(15)13-26/h3-6,11,14H,7-10,12-13H2,1-2H3,(H2,21,22,23,24,28). The smallest absolute Gasteiger partial charge is 0.232 e. The van der Waals surface area contributed by atoms with Gasteiger partial charge in [-0.25, -0.2) is 0 Å². The number of benzene rings is 1. The molecule has 1 fully saturated rings. The molecule has 28 heavy (non-hydrogen) atoms. The lowest BCUT2D eigenvalue weighted by molar-refractivity contribution is 0.122. The van der Waals surface area contributed by atoms with Gasteiger partial charge >= 0.3 is 0 Å². The zero-order valence-electron chi connectivity index (χ0n) is 16.3. The predicted molar refractivity (Wildman–Crippen MR) is 116 cm³/mol. The number of hydrogen-bond acceptors (Lipinski definition) is 6. The highest BCUT2D eigenvalue weighted by atomic mass is 32.1. The van der Waals surface area contributed by atoms with E-state index in [0.717, 1.165) is 37.8 Å². The Morgan fingerprint density at radius 1 is 1.04 bits per heavy atom. The van der Waals surface area contributed by atoms with Gasteiger partial charge in [-0.1, -0.05) is 24.3 Å². The summed E-state index contributed by atoms with van der Waals surface area (Å²) in [6, 6.07) is 10.9. The van der Waals surface area contributed by atoms with Crippen molar-refractivity contribution in [2.45, 2.75) is 33.0 Å². The van der Waals surface area contributed by atoms with Crippen molar-refractivity contribution in [2.24, 2.45) is 0 Å². The van der Waals surface area contributed by atoms with Gasteiger partial charge in [0.2, 0.25) is 5.95 Å². The van der Waals surface area contributed by atoms with Gasteiger partial charge in [-0.3, -0.25) is 0 Å². The van der Waals surface area contributed by atoms with Crippen molar-refractivity contribution in [1.29, 1.82) is 0 Å². The molecule has 1 saturated heterocycles. The van der Waals surface area contributed by atoms with E-state index in [-0.39, 0.29) is 6.04 Å². The van der Waals surface area contributed by atoms with Crippen molar-refractivity contribution >= 4 is 34.9 Å². The quantitative estimate of drug-likeness (QED) is 0.762. The van der Waals surface area contributed by atoms with Gasteiger partial charge in [-0.15, -0.1) is 0 Å². The molecule has 148 valence electrons. The molecule has 0 bridgehead atoms. The van der Waals surface area contributed by atoms with E-state index < -0.39 is 0 Å². The van der Waals surface area contributed by atoms with Crippen molar-refractivity contribution in [2.75, 3.05) is 41.4 Å². The maximum Gasteiger partial charge on any atom is 0.232 e. The SMILES string of the molecule is CC(C)NC(=S)Nc1nc(N2CCOCC2)cc(N2Cc3ccccc3C2)n1. The number of thiocarbonyl (C=S) groups is 1. The normalized spacial score (nSPS) is 16.2. The van der Waals surface area contributed by atoms with Crippen LogP contribution in [0.15, 0.2) is 30.3 Å². The Morgan fingerprint density at radius 3 is 2.25 bits per heavy atom. The number of morpholine rings is 1. The molecule has 3 heterocycles. The summed E-state index contributed by atoms with van der Waals surface area (Å²) in [6.07, 6.45) is 0. The van der Waals surface area contributed by atoms with E-state index in [9.17, 15) is 0 Å². The third-order valence-corrected chi connectivity index (χ3v) is 5.06. The molecule has 0 unspecified atom stereocenters. The van der Waals surface area contributed by atoms with Crippen molar-refractivity contribution in [1.82, 2.24) is 15.3 Å². The third kappa shape index (κ3) is 4.34. The van der Waals surface area contributed by atoms with Crippen LogP contribution < -0.4 is 20.4 Å². The van der Waals surface area contributed by atoms with E-state index in [4.69, 9.17) is 26.9 Å². The Balaban J connectivity index is 1.61. The lowest BCUT2D eigenvalue weighted by atomic mass is 10.1.